The van der Waals surface area contributed by atoms with Crippen molar-refractivity contribution in [3.63, 3.8) is 0 Å². The largest absolute Gasteiger partial charge is 0.301 e. The van der Waals surface area contributed by atoms with Gasteiger partial charge in [0.25, 0.3) is 0 Å². The predicted molar refractivity (Wildman–Crippen MR) is 67.9 cm³/mol. The summed E-state index contributed by atoms with van der Waals surface area (Å²) < 4.78 is 0. The van der Waals surface area contributed by atoms with E-state index in [1.54, 1.807) is 0 Å². The highest BCUT2D eigenvalue weighted by atomic mass is 32.1. The van der Waals surface area contributed by atoms with Crippen molar-refractivity contribution in [1.29, 1.82) is 0 Å². The standard InChI is InChI=1S/C11H17N5S/c1-6-5-10(9(4)17-6)7(2)12-8(3)11-13-15-16-14-11/h5,7-8,12H,1-4H3,(H,13,14,15,16). The number of nitrogens with one attached hydrogen (secondary N) is 2. The highest BCUT2D eigenvalue weighted by Crippen LogP contribution is 2.27. The molecule has 0 aliphatic heterocycles. The molecule has 2 unspecified atom stereocenters. The quantitative estimate of drug-likeness (QED) is 0.875. The third kappa shape index (κ3) is 2.70. The number of H-pyrrole nitrogens is 1. The van der Waals surface area contributed by atoms with Crippen LogP contribution in [0.3, 0.4) is 0 Å². The molecule has 2 atom stereocenters. The first-order valence-corrected chi connectivity index (χ1v) is 6.46. The molecule has 0 saturated carbocycles. The first-order chi connectivity index (χ1) is 8.08. The van der Waals surface area contributed by atoms with E-state index in [1.807, 2.05) is 18.3 Å². The van der Waals surface area contributed by atoms with Gasteiger partial charge >= 0.3 is 0 Å². The van der Waals surface area contributed by atoms with E-state index >= 15 is 0 Å². The molecule has 2 rings (SSSR count). The van der Waals surface area contributed by atoms with Crippen LogP contribution in [0.5, 0.6) is 0 Å². The van der Waals surface area contributed by atoms with Crippen LogP contribution in [0.4, 0.5) is 0 Å². The molecule has 0 fully saturated rings. The van der Waals surface area contributed by atoms with Crippen LogP contribution in [0.25, 0.3) is 0 Å². The maximum atomic E-state index is 3.98. The smallest absolute Gasteiger partial charge is 0.191 e. The van der Waals surface area contributed by atoms with Gasteiger partial charge in [-0.3, -0.25) is 0 Å². The SMILES string of the molecule is Cc1cc(C(C)NC(C)c2nn[nH]n2)c(C)s1. The molecule has 6 heteroatoms. The minimum atomic E-state index is 0.0864. The molecular formula is C11H17N5S. The Morgan fingerprint density at radius 3 is 2.59 bits per heavy atom. The van der Waals surface area contributed by atoms with E-state index in [9.17, 15) is 0 Å². The number of rotatable bonds is 4. The van der Waals surface area contributed by atoms with Crippen LogP contribution in [-0.4, -0.2) is 20.6 Å². The van der Waals surface area contributed by atoms with Crippen LogP contribution >= 0.6 is 11.3 Å². The predicted octanol–water partition coefficient (Wildman–Crippen LogP) is 2.29. The molecule has 0 spiro atoms. The minimum absolute atomic E-state index is 0.0864. The van der Waals surface area contributed by atoms with Crippen molar-refractivity contribution in [2.75, 3.05) is 0 Å². The second-order valence-corrected chi connectivity index (χ2v) is 5.71. The maximum Gasteiger partial charge on any atom is 0.191 e. The highest BCUT2D eigenvalue weighted by molar-refractivity contribution is 7.12. The number of aromatic nitrogens is 4. The lowest BCUT2D eigenvalue weighted by atomic mass is 10.1. The zero-order chi connectivity index (χ0) is 12.4. The molecule has 2 aromatic rings. The third-order valence-electron chi connectivity index (χ3n) is 2.79. The number of tetrazole rings is 1. The van der Waals surface area contributed by atoms with Gasteiger partial charge in [0.1, 0.15) is 0 Å². The molecule has 0 aliphatic carbocycles. The van der Waals surface area contributed by atoms with E-state index in [1.165, 1.54) is 15.3 Å². The monoisotopic (exact) mass is 251 g/mol. The Balaban J connectivity index is 2.06. The van der Waals surface area contributed by atoms with Gasteiger partial charge in [0.05, 0.1) is 6.04 Å². The fourth-order valence-electron chi connectivity index (χ4n) is 1.97. The van der Waals surface area contributed by atoms with E-state index in [4.69, 9.17) is 0 Å². The normalized spacial score (nSPS) is 14.8. The zero-order valence-electron chi connectivity index (χ0n) is 10.5. The fourth-order valence-corrected chi connectivity index (χ4v) is 3.00. The van der Waals surface area contributed by atoms with Crippen molar-refractivity contribution in [3.05, 3.63) is 27.2 Å². The number of hydrogen-bond acceptors (Lipinski definition) is 5. The van der Waals surface area contributed by atoms with Gasteiger partial charge in [0.15, 0.2) is 5.82 Å². The number of nitrogens with zero attached hydrogens (tertiary/aromatic N) is 3. The van der Waals surface area contributed by atoms with Crippen LogP contribution in [0.2, 0.25) is 0 Å². The van der Waals surface area contributed by atoms with Gasteiger partial charge in [-0.05, 0) is 39.3 Å². The number of aryl methyl sites for hydroxylation is 2. The minimum Gasteiger partial charge on any atom is -0.301 e. The molecular weight excluding hydrogens is 234 g/mol. The van der Waals surface area contributed by atoms with Gasteiger partial charge in [-0.2, -0.15) is 5.21 Å². The summed E-state index contributed by atoms with van der Waals surface area (Å²) in [6.07, 6.45) is 0. The summed E-state index contributed by atoms with van der Waals surface area (Å²) >= 11 is 1.83. The Kier molecular flexibility index (Phi) is 3.54. The Morgan fingerprint density at radius 2 is 2.06 bits per heavy atom. The van der Waals surface area contributed by atoms with Gasteiger partial charge in [-0.25, -0.2) is 0 Å². The van der Waals surface area contributed by atoms with Crippen LogP contribution in [0.1, 0.15) is 47.1 Å². The topological polar surface area (TPSA) is 66.5 Å². The first-order valence-electron chi connectivity index (χ1n) is 5.64. The van der Waals surface area contributed by atoms with Crippen molar-refractivity contribution < 1.29 is 0 Å². The van der Waals surface area contributed by atoms with Crippen LogP contribution in [0.15, 0.2) is 6.07 Å². The Labute approximate surface area is 105 Å². The molecule has 0 radical (unpaired) electrons. The van der Waals surface area contributed by atoms with Gasteiger partial charge in [-0.15, -0.1) is 21.5 Å². The maximum absolute atomic E-state index is 3.98. The van der Waals surface area contributed by atoms with E-state index in [2.05, 4.69) is 52.8 Å². The third-order valence-corrected chi connectivity index (χ3v) is 3.78. The summed E-state index contributed by atoms with van der Waals surface area (Å²) in [5, 5.41) is 17.5. The van der Waals surface area contributed by atoms with E-state index in [-0.39, 0.29) is 12.1 Å². The Morgan fingerprint density at radius 1 is 1.29 bits per heavy atom. The van der Waals surface area contributed by atoms with Crippen molar-refractivity contribution in [3.8, 4) is 0 Å². The molecule has 0 aromatic carbocycles. The molecule has 2 heterocycles. The molecule has 0 bridgehead atoms. The molecule has 2 N–H and O–H groups in total. The van der Waals surface area contributed by atoms with Gasteiger partial charge in [0.2, 0.25) is 0 Å². The fraction of sp³-hybridized carbons (Fsp3) is 0.545. The molecule has 92 valence electrons. The summed E-state index contributed by atoms with van der Waals surface area (Å²) in [6, 6.07) is 2.61. The first kappa shape index (κ1) is 12.2. The molecule has 0 amide bonds. The Bertz CT molecular complexity index is 476. The summed E-state index contributed by atoms with van der Waals surface area (Å²) in [6.45, 7) is 8.49. The van der Waals surface area contributed by atoms with E-state index in [0.29, 0.717) is 5.82 Å². The van der Waals surface area contributed by atoms with E-state index < -0.39 is 0 Å². The van der Waals surface area contributed by atoms with Crippen LogP contribution < -0.4 is 5.32 Å². The number of thiophene rings is 1. The molecule has 2 aromatic heterocycles. The molecule has 0 saturated heterocycles. The van der Waals surface area contributed by atoms with Crippen molar-refractivity contribution in [2.45, 2.75) is 39.8 Å². The lowest BCUT2D eigenvalue weighted by Crippen LogP contribution is -2.23. The molecule has 5 nitrogen and oxygen atoms in total. The van der Waals surface area contributed by atoms with Crippen LogP contribution in [-0.2, 0) is 0 Å². The van der Waals surface area contributed by atoms with Crippen molar-refractivity contribution >= 4 is 11.3 Å². The van der Waals surface area contributed by atoms with Gasteiger partial charge < -0.3 is 5.32 Å². The summed E-state index contributed by atoms with van der Waals surface area (Å²) in [5.41, 5.74) is 1.35. The van der Waals surface area contributed by atoms with Crippen LogP contribution in [0, 0.1) is 13.8 Å². The van der Waals surface area contributed by atoms with E-state index in [0.717, 1.165) is 0 Å². The molecule has 0 aliphatic rings. The zero-order valence-corrected chi connectivity index (χ0v) is 11.3. The van der Waals surface area contributed by atoms with Crippen molar-refractivity contribution in [1.82, 2.24) is 25.9 Å². The lowest BCUT2D eigenvalue weighted by Gasteiger charge is -2.17. The summed E-state index contributed by atoms with van der Waals surface area (Å²) in [4.78, 5) is 2.71. The second-order valence-electron chi connectivity index (χ2n) is 4.25. The Hall–Kier alpha value is -1.27. The average molecular weight is 251 g/mol. The summed E-state index contributed by atoms with van der Waals surface area (Å²) in [5.74, 6) is 0.696. The van der Waals surface area contributed by atoms with Crippen molar-refractivity contribution in [2.24, 2.45) is 0 Å². The molecule has 17 heavy (non-hydrogen) atoms. The second kappa shape index (κ2) is 4.93. The highest BCUT2D eigenvalue weighted by Gasteiger charge is 2.16. The number of hydrogen-bond donors (Lipinski definition) is 2. The van der Waals surface area contributed by atoms with Gasteiger partial charge in [-0.1, -0.05) is 5.21 Å². The number of aromatic amines is 1. The average Bonchev–Trinajstić information content (AvgIpc) is 2.87. The van der Waals surface area contributed by atoms with Gasteiger partial charge in [0, 0.05) is 15.8 Å². The lowest BCUT2D eigenvalue weighted by molar-refractivity contribution is 0.476. The summed E-state index contributed by atoms with van der Waals surface area (Å²) in [7, 11) is 0.